The Labute approximate surface area is 104 Å². The highest BCUT2D eigenvalue weighted by Crippen LogP contribution is 2.38. The van der Waals surface area contributed by atoms with Crippen molar-refractivity contribution >= 4 is 5.97 Å². The zero-order valence-electron chi connectivity index (χ0n) is 10.2. The fourth-order valence-corrected chi connectivity index (χ4v) is 1.93. The van der Waals surface area contributed by atoms with E-state index in [-0.39, 0.29) is 6.61 Å². The van der Waals surface area contributed by atoms with E-state index in [4.69, 9.17) is 0 Å². The molecule has 1 N–H and O–H groups in total. The molecule has 3 nitrogen and oxygen atoms in total. The van der Waals surface area contributed by atoms with E-state index >= 15 is 0 Å². The SMILES string of the molecule is CCOC(=O)C(O)(CC1=CCCCC1)C(F)(F)F. The summed E-state index contributed by atoms with van der Waals surface area (Å²) in [5, 5.41) is 9.66. The van der Waals surface area contributed by atoms with Crippen LogP contribution in [0.3, 0.4) is 0 Å². The summed E-state index contributed by atoms with van der Waals surface area (Å²) in [6, 6.07) is 0. The zero-order valence-corrected chi connectivity index (χ0v) is 10.2. The Bertz CT molecular complexity index is 336. The van der Waals surface area contributed by atoms with Crippen molar-refractivity contribution in [1.29, 1.82) is 0 Å². The number of allylic oxidation sites excluding steroid dienone is 1. The Balaban J connectivity index is 2.90. The van der Waals surface area contributed by atoms with Crippen LogP contribution in [-0.4, -0.2) is 29.5 Å². The van der Waals surface area contributed by atoms with Gasteiger partial charge >= 0.3 is 12.1 Å². The molecule has 104 valence electrons. The number of carbonyl (C=O) groups is 1. The molecule has 6 heteroatoms. The number of hydrogen-bond donors (Lipinski definition) is 1. The second kappa shape index (κ2) is 5.73. The highest BCUT2D eigenvalue weighted by atomic mass is 19.4. The first-order valence-corrected chi connectivity index (χ1v) is 5.95. The van der Waals surface area contributed by atoms with E-state index in [1.54, 1.807) is 6.08 Å². The van der Waals surface area contributed by atoms with Crippen molar-refractivity contribution in [2.75, 3.05) is 6.61 Å². The van der Waals surface area contributed by atoms with Gasteiger partial charge in [0.05, 0.1) is 6.61 Å². The van der Waals surface area contributed by atoms with Gasteiger partial charge in [-0.25, -0.2) is 4.79 Å². The van der Waals surface area contributed by atoms with Gasteiger partial charge in [-0.15, -0.1) is 0 Å². The van der Waals surface area contributed by atoms with Crippen LogP contribution < -0.4 is 0 Å². The van der Waals surface area contributed by atoms with E-state index in [2.05, 4.69) is 4.74 Å². The van der Waals surface area contributed by atoms with Crippen LogP contribution in [0.15, 0.2) is 11.6 Å². The first-order valence-electron chi connectivity index (χ1n) is 5.95. The van der Waals surface area contributed by atoms with Gasteiger partial charge in [0, 0.05) is 6.42 Å². The van der Waals surface area contributed by atoms with Crippen LogP contribution >= 0.6 is 0 Å². The van der Waals surface area contributed by atoms with Crippen LogP contribution in [-0.2, 0) is 9.53 Å². The van der Waals surface area contributed by atoms with Crippen LogP contribution in [0, 0.1) is 0 Å². The Morgan fingerprint density at radius 1 is 1.44 bits per heavy atom. The molecule has 18 heavy (non-hydrogen) atoms. The summed E-state index contributed by atoms with van der Waals surface area (Å²) in [4.78, 5) is 11.4. The van der Waals surface area contributed by atoms with Crippen LogP contribution in [0.2, 0.25) is 0 Å². The van der Waals surface area contributed by atoms with E-state index in [9.17, 15) is 23.1 Å². The average molecular weight is 266 g/mol. The minimum absolute atomic E-state index is 0.198. The third kappa shape index (κ3) is 3.25. The van der Waals surface area contributed by atoms with Crippen molar-refractivity contribution in [1.82, 2.24) is 0 Å². The van der Waals surface area contributed by atoms with Gasteiger partial charge in [-0.3, -0.25) is 0 Å². The lowest BCUT2D eigenvalue weighted by molar-refractivity contribution is -0.262. The highest BCUT2D eigenvalue weighted by Gasteiger charge is 2.60. The minimum atomic E-state index is -5.03. The number of halogens is 3. The van der Waals surface area contributed by atoms with E-state index in [0.29, 0.717) is 18.4 Å². The molecule has 0 spiro atoms. The molecule has 0 radical (unpaired) electrons. The van der Waals surface area contributed by atoms with Crippen molar-refractivity contribution in [2.24, 2.45) is 0 Å². The van der Waals surface area contributed by atoms with Crippen molar-refractivity contribution in [3.8, 4) is 0 Å². The predicted octanol–water partition coefficient (Wildman–Crippen LogP) is 2.73. The fourth-order valence-electron chi connectivity index (χ4n) is 1.93. The topological polar surface area (TPSA) is 46.5 Å². The minimum Gasteiger partial charge on any atom is -0.464 e. The van der Waals surface area contributed by atoms with Gasteiger partial charge in [0.25, 0.3) is 5.60 Å². The van der Waals surface area contributed by atoms with E-state index in [1.807, 2.05) is 0 Å². The molecule has 0 saturated heterocycles. The molecule has 0 aromatic heterocycles. The Kier molecular flexibility index (Phi) is 4.78. The average Bonchev–Trinajstić information content (AvgIpc) is 2.29. The normalized spacial score (nSPS) is 19.9. The second-order valence-electron chi connectivity index (χ2n) is 4.36. The number of hydrogen-bond acceptors (Lipinski definition) is 3. The molecule has 0 saturated carbocycles. The van der Waals surface area contributed by atoms with Crippen molar-refractivity contribution in [3.63, 3.8) is 0 Å². The number of alkyl halides is 3. The van der Waals surface area contributed by atoms with Gasteiger partial charge < -0.3 is 9.84 Å². The number of aliphatic hydroxyl groups is 1. The summed E-state index contributed by atoms with van der Waals surface area (Å²) in [5.74, 6) is -1.62. The van der Waals surface area contributed by atoms with Gasteiger partial charge in [0.15, 0.2) is 0 Å². The largest absolute Gasteiger partial charge is 0.464 e. The van der Waals surface area contributed by atoms with Crippen LogP contribution in [0.5, 0.6) is 0 Å². The number of esters is 1. The molecule has 0 heterocycles. The number of rotatable bonds is 4. The summed E-state index contributed by atoms with van der Waals surface area (Å²) in [6.45, 7) is 1.20. The molecule has 0 amide bonds. The molecule has 0 aromatic carbocycles. The van der Waals surface area contributed by atoms with E-state index < -0.39 is 24.2 Å². The molecule has 0 aliphatic heterocycles. The maximum Gasteiger partial charge on any atom is 0.428 e. The maximum absolute atomic E-state index is 12.9. The highest BCUT2D eigenvalue weighted by molar-refractivity contribution is 5.80. The monoisotopic (exact) mass is 266 g/mol. The summed E-state index contributed by atoms with van der Waals surface area (Å²) >= 11 is 0. The standard InChI is InChI=1S/C12H17F3O3/c1-2-18-10(16)11(17,12(13,14)15)8-9-6-4-3-5-7-9/h6,17H,2-5,7-8H2,1H3. The van der Waals surface area contributed by atoms with E-state index in [1.165, 1.54) is 6.92 Å². The molecule has 1 unspecified atom stereocenters. The third-order valence-electron chi connectivity index (χ3n) is 2.95. The first-order chi connectivity index (χ1) is 8.31. The number of ether oxygens (including phenoxy) is 1. The molecule has 1 aliphatic carbocycles. The molecule has 1 rings (SSSR count). The van der Waals surface area contributed by atoms with Gasteiger partial charge in [0.1, 0.15) is 0 Å². The second-order valence-corrected chi connectivity index (χ2v) is 4.36. The summed E-state index contributed by atoms with van der Waals surface area (Å²) in [5.41, 5.74) is -2.96. The zero-order chi connectivity index (χ0) is 13.8. The maximum atomic E-state index is 12.9. The summed E-state index contributed by atoms with van der Waals surface area (Å²) < 4.78 is 42.9. The number of carbonyl (C=O) groups excluding carboxylic acids is 1. The van der Waals surface area contributed by atoms with Gasteiger partial charge in [-0.1, -0.05) is 11.6 Å². The predicted molar refractivity (Wildman–Crippen MR) is 58.8 cm³/mol. The Morgan fingerprint density at radius 2 is 2.11 bits per heavy atom. The summed E-state index contributed by atoms with van der Waals surface area (Å²) in [6.07, 6.45) is -1.22. The smallest absolute Gasteiger partial charge is 0.428 e. The van der Waals surface area contributed by atoms with Gasteiger partial charge in [0.2, 0.25) is 0 Å². The molecule has 0 fully saturated rings. The van der Waals surface area contributed by atoms with Gasteiger partial charge in [-0.05, 0) is 32.6 Å². The van der Waals surface area contributed by atoms with Gasteiger partial charge in [-0.2, -0.15) is 13.2 Å². The Hall–Kier alpha value is -1.04. The molecule has 1 aliphatic rings. The quantitative estimate of drug-likeness (QED) is 0.628. The molecule has 0 bridgehead atoms. The molecular formula is C12H17F3O3. The van der Waals surface area contributed by atoms with E-state index in [0.717, 1.165) is 12.8 Å². The van der Waals surface area contributed by atoms with Crippen LogP contribution in [0.25, 0.3) is 0 Å². The van der Waals surface area contributed by atoms with Crippen LogP contribution in [0.1, 0.15) is 39.0 Å². The lowest BCUT2D eigenvalue weighted by Crippen LogP contribution is -2.53. The van der Waals surface area contributed by atoms with Crippen molar-refractivity contribution in [3.05, 3.63) is 11.6 Å². The van der Waals surface area contributed by atoms with Crippen LogP contribution in [0.4, 0.5) is 13.2 Å². The molecular weight excluding hydrogens is 249 g/mol. The van der Waals surface area contributed by atoms with Crippen molar-refractivity contribution < 1.29 is 27.8 Å². The lowest BCUT2D eigenvalue weighted by atomic mass is 9.88. The fraction of sp³-hybridized carbons (Fsp3) is 0.750. The summed E-state index contributed by atoms with van der Waals surface area (Å²) in [7, 11) is 0. The first kappa shape index (κ1) is 15.0. The molecule has 1 atom stereocenters. The lowest BCUT2D eigenvalue weighted by Gasteiger charge is -2.29. The third-order valence-corrected chi connectivity index (χ3v) is 2.95. The Morgan fingerprint density at radius 3 is 2.56 bits per heavy atom. The molecule has 0 aromatic rings. The van der Waals surface area contributed by atoms with Crippen molar-refractivity contribution in [2.45, 2.75) is 50.8 Å².